The summed E-state index contributed by atoms with van der Waals surface area (Å²) in [5.41, 5.74) is 0.998. The quantitative estimate of drug-likeness (QED) is 0.182. The predicted molar refractivity (Wildman–Crippen MR) is 179 cm³/mol. The molecule has 1 N–H and O–H groups in total. The summed E-state index contributed by atoms with van der Waals surface area (Å²) in [7, 11) is -1.55. The van der Waals surface area contributed by atoms with Gasteiger partial charge in [0.2, 0.25) is 11.8 Å². The molecular weight excluding hydrogens is 621 g/mol. The lowest BCUT2D eigenvalue weighted by atomic mass is 10.0. The molecule has 1 atom stereocenters. The van der Waals surface area contributed by atoms with Crippen molar-refractivity contribution >= 4 is 27.5 Å². The molecule has 0 bridgehead atoms. The van der Waals surface area contributed by atoms with Crippen molar-refractivity contribution in [1.29, 1.82) is 0 Å². The predicted octanol–water partition coefficient (Wildman–Crippen LogP) is 5.45. The molecule has 248 valence electrons. The van der Waals surface area contributed by atoms with E-state index in [0.29, 0.717) is 12.3 Å². The number of hydrogen-bond acceptors (Lipinski definition) is 6. The molecule has 4 aromatic carbocycles. The summed E-state index contributed by atoms with van der Waals surface area (Å²) in [6, 6.07) is 26.3. The molecule has 0 aliphatic carbocycles. The van der Waals surface area contributed by atoms with Crippen LogP contribution in [-0.4, -0.2) is 58.5 Å². The first-order valence-corrected chi connectivity index (χ1v) is 16.6. The number of anilines is 1. The van der Waals surface area contributed by atoms with E-state index in [2.05, 4.69) is 5.32 Å². The van der Waals surface area contributed by atoms with Crippen molar-refractivity contribution in [2.75, 3.05) is 31.6 Å². The van der Waals surface area contributed by atoms with E-state index < -0.39 is 40.2 Å². The molecule has 1 unspecified atom stereocenters. The molecule has 0 saturated heterocycles. The number of sulfonamides is 1. The van der Waals surface area contributed by atoms with Crippen LogP contribution in [0.25, 0.3) is 0 Å². The summed E-state index contributed by atoms with van der Waals surface area (Å²) in [5, 5.41) is 2.92. The van der Waals surface area contributed by atoms with Crippen LogP contribution in [0.4, 0.5) is 10.1 Å². The molecule has 0 aromatic heterocycles. The first-order chi connectivity index (χ1) is 22.5. The maximum absolute atomic E-state index is 15.1. The van der Waals surface area contributed by atoms with Crippen LogP contribution in [0.2, 0.25) is 0 Å². The molecule has 0 radical (unpaired) electrons. The summed E-state index contributed by atoms with van der Waals surface area (Å²) in [6.45, 7) is 3.23. The molecule has 0 fully saturated rings. The number of hydrogen-bond donors (Lipinski definition) is 1. The largest absolute Gasteiger partial charge is 0.497 e. The van der Waals surface area contributed by atoms with Crippen LogP contribution in [0.5, 0.6) is 11.5 Å². The molecule has 0 spiro atoms. The van der Waals surface area contributed by atoms with Crippen molar-refractivity contribution in [2.24, 2.45) is 5.92 Å². The number of nitrogens with one attached hydrogen (secondary N) is 1. The van der Waals surface area contributed by atoms with Crippen molar-refractivity contribution in [3.05, 3.63) is 120 Å². The van der Waals surface area contributed by atoms with Crippen LogP contribution in [-0.2, 0) is 32.6 Å². The summed E-state index contributed by atoms with van der Waals surface area (Å²) < 4.78 is 55.5. The molecule has 11 heteroatoms. The van der Waals surface area contributed by atoms with Crippen molar-refractivity contribution in [3.63, 3.8) is 0 Å². The number of nitrogens with zero attached hydrogens (tertiary/aromatic N) is 2. The highest BCUT2D eigenvalue weighted by Gasteiger charge is 2.36. The second-order valence-corrected chi connectivity index (χ2v) is 13.2. The summed E-state index contributed by atoms with van der Waals surface area (Å²) >= 11 is 0. The Hall–Kier alpha value is -4.90. The highest BCUT2D eigenvalue weighted by atomic mass is 32.2. The van der Waals surface area contributed by atoms with E-state index in [1.165, 1.54) is 55.5 Å². The lowest BCUT2D eigenvalue weighted by Gasteiger charge is -2.34. The molecule has 0 saturated carbocycles. The van der Waals surface area contributed by atoms with Gasteiger partial charge in [0.25, 0.3) is 10.0 Å². The van der Waals surface area contributed by atoms with E-state index in [0.717, 1.165) is 9.87 Å². The van der Waals surface area contributed by atoms with E-state index >= 15 is 4.39 Å². The molecule has 47 heavy (non-hydrogen) atoms. The van der Waals surface area contributed by atoms with Gasteiger partial charge in [0.1, 0.15) is 29.9 Å². The average molecular weight is 662 g/mol. The van der Waals surface area contributed by atoms with Gasteiger partial charge in [0, 0.05) is 31.1 Å². The van der Waals surface area contributed by atoms with Crippen molar-refractivity contribution in [2.45, 2.75) is 37.8 Å². The number of halogens is 1. The van der Waals surface area contributed by atoms with Crippen molar-refractivity contribution < 1.29 is 31.9 Å². The van der Waals surface area contributed by atoms with E-state index in [-0.39, 0.29) is 40.8 Å². The fourth-order valence-corrected chi connectivity index (χ4v) is 6.45. The van der Waals surface area contributed by atoms with Gasteiger partial charge in [-0.1, -0.05) is 80.6 Å². The van der Waals surface area contributed by atoms with Gasteiger partial charge in [0.15, 0.2) is 0 Å². The number of carbonyl (C=O) groups excluding carboxylic acids is 2. The third-order valence-electron chi connectivity index (χ3n) is 7.52. The standard InChI is InChI=1S/C36H40FN3O6S/c1-26(2)23-38-36(42)33(21-27-13-7-5-8-14-27)39(24-28-15-11-12-18-31(28)37)35(41)25-40(47(43,44)30-16-9-6-10-17-30)32-22-29(45-3)19-20-34(32)46-4/h5-20,22,26,33H,21,23-25H2,1-4H3,(H,38,42). The van der Waals surface area contributed by atoms with Crippen LogP contribution < -0.4 is 19.1 Å². The Labute approximate surface area is 276 Å². The first kappa shape index (κ1) is 35.0. The second kappa shape index (κ2) is 16.1. The number of benzene rings is 4. The van der Waals surface area contributed by atoms with Crippen LogP contribution in [0.1, 0.15) is 25.0 Å². The maximum atomic E-state index is 15.1. The average Bonchev–Trinajstić information content (AvgIpc) is 3.08. The van der Waals surface area contributed by atoms with Crippen molar-refractivity contribution in [1.82, 2.24) is 10.2 Å². The summed E-state index contributed by atoms with van der Waals surface area (Å²) in [4.78, 5) is 29.6. The van der Waals surface area contributed by atoms with Gasteiger partial charge in [-0.15, -0.1) is 0 Å². The zero-order chi connectivity index (χ0) is 34.0. The highest BCUT2D eigenvalue weighted by molar-refractivity contribution is 7.92. The monoisotopic (exact) mass is 661 g/mol. The van der Waals surface area contributed by atoms with Gasteiger partial charge >= 0.3 is 0 Å². The highest BCUT2D eigenvalue weighted by Crippen LogP contribution is 2.36. The maximum Gasteiger partial charge on any atom is 0.264 e. The smallest absolute Gasteiger partial charge is 0.264 e. The van der Waals surface area contributed by atoms with Gasteiger partial charge in [-0.25, -0.2) is 12.8 Å². The Balaban J connectivity index is 1.86. The van der Waals surface area contributed by atoms with Crippen LogP contribution in [0.15, 0.2) is 108 Å². The molecule has 0 aliphatic heterocycles. The molecule has 4 rings (SSSR count). The van der Waals surface area contributed by atoms with E-state index in [4.69, 9.17) is 9.47 Å². The third kappa shape index (κ3) is 8.88. The summed E-state index contributed by atoms with van der Waals surface area (Å²) in [5.74, 6) is -1.09. The topological polar surface area (TPSA) is 105 Å². The van der Waals surface area contributed by atoms with E-state index in [1.54, 1.807) is 36.4 Å². The third-order valence-corrected chi connectivity index (χ3v) is 9.29. The minimum absolute atomic E-state index is 0.0544. The summed E-state index contributed by atoms with van der Waals surface area (Å²) in [6.07, 6.45) is 0.110. The van der Waals surface area contributed by atoms with Crippen LogP contribution in [0.3, 0.4) is 0 Å². The Morgan fingerprint density at radius 3 is 2.11 bits per heavy atom. The number of rotatable bonds is 15. The molecule has 4 aromatic rings. The second-order valence-electron chi connectivity index (χ2n) is 11.3. The zero-order valence-electron chi connectivity index (χ0n) is 26.9. The van der Waals surface area contributed by atoms with Gasteiger partial charge in [-0.3, -0.25) is 13.9 Å². The van der Waals surface area contributed by atoms with E-state index in [1.807, 2.05) is 44.2 Å². The number of methoxy groups -OCH3 is 2. The van der Waals surface area contributed by atoms with Gasteiger partial charge in [-0.2, -0.15) is 0 Å². The van der Waals surface area contributed by atoms with Crippen LogP contribution >= 0.6 is 0 Å². The lowest BCUT2D eigenvalue weighted by molar-refractivity contribution is -0.140. The Kier molecular flexibility index (Phi) is 12.0. The van der Waals surface area contributed by atoms with Gasteiger partial charge in [-0.05, 0) is 41.8 Å². The fourth-order valence-electron chi connectivity index (χ4n) is 5.01. The van der Waals surface area contributed by atoms with Gasteiger partial charge < -0.3 is 19.7 Å². The zero-order valence-corrected chi connectivity index (χ0v) is 27.7. The Bertz CT molecular complexity index is 1750. The Morgan fingerprint density at radius 1 is 0.851 bits per heavy atom. The molecule has 0 aliphatic rings. The normalized spacial score (nSPS) is 11.9. The number of ether oxygens (including phenoxy) is 2. The lowest BCUT2D eigenvalue weighted by Crippen LogP contribution is -2.53. The molecule has 9 nitrogen and oxygen atoms in total. The van der Waals surface area contributed by atoms with Crippen LogP contribution in [0, 0.1) is 11.7 Å². The van der Waals surface area contributed by atoms with Crippen molar-refractivity contribution in [3.8, 4) is 11.5 Å². The van der Waals surface area contributed by atoms with Gasteiger partial charge in [0.05, 0.1) is 24.8 Å². The first-order valence-electron chi connectivity index (χ1n) is 15.2. The SMILES string of the molecule is COc1ccc(OC)c(N(CC(=O)N(Cc2ccccc2F)C(Cc2ccccc2)C(=O)NCC(C)C)S(=O)(=O)c2ccccc2)c1. The van der Waals surface area contributed by atoms with E-state index in [9.17, 15) is 18.0 Å². The number of carbonyl (C=O) groups is 2. The Morgan fingerprint density at radius 2 is 1.49 bits per heavy atom. The molecule has 2 amide bonds. The fraction of sp³-hybridized carbons (Fsp3) is 0.278. The molecular formula is C36H40FN3O6S. The number of amides is 2. The molecule has 0 heterocycles. The minimum atomic E-state index is -4.37. The minimum Gasteiger partial charge on any atom is -0.497 e.